The van der Waals surface area contributed by atoms with Crippen LogP contribution in [0.25, 0.3) is 0 Å². The number of ether oxygens (including phenoxy) is 1. The number of thiocarbonyl (C=S) groups is 1. The second-order valence-electron chi connectivity index (χ2n) is 7.26. The molecule has 0 heterocycles. The van der Waals surface area contributed by atoms with E-state index >= 15 is 0 Å². The largest absolute Gasteiger partial charge is 0.507 e. The number of phenols is 1. The number of methoxy groups -OCH3 is 1. The van der Waals surface area contributed by atoms with Crippen molar-refractivity contribution in [3.63, 3.8) is 0 Å². The van der Waals surface area contributed by atoms with Gasteiger partial charge in [-0.15, -0.1) is 0 Å². The fraction of sp³-hybridized carbons (Fsp3) is 0.588. The van der Waals surface area contributed by atoms with Gasteiger partial charge in [-0.1, -0.05) is 65.5 Å². The second kappa shape index (κ2) is 6.67. The van der Waals surface area contributed by atoms with Crippen molar-refractivity contribution in [2.45, 2.75) is 52.4 Å². The average molecular weight is 327 g/mol. The Labute approximate surface area is 138 Å². The van der Waals surface area contributed by atoms with E-state index in [-0.39, 0.29) is 10.8 Å². The zero-order valence-corrected chi connectivity index (χ0v) is 15.7. The molecule has 0 amide bonds. The van der Waals surface area contributed by atoms with Crippen molar-refractivity contribution in [2.75, 3.05) is 13.0 Å². The number of aromatic hydroxyl groups is 1. The van der Waals surface area contributed by atoms with Gasteiger partial charge < -0.3 is 9.84 Å². The van der Waals surface area contributed by atoms with E-state index in [1.54, 1.807) is 7.11 Å². The van der Waals surface area contributed by atoms with Gasteiger partial charge in [0.2, 0.25) is 0 Å². The van der Waals surface area contributed by atoms with Crippen LogP contribution in [0.2, 0.25) is 0 Å². The Hall–Kier alpha value is -0.580. The molecule has 0 aliphatic carbocycles. The van der Waals surface area contributed by atoms with E-state index in [0.717, 1.165) is 20.9 Å². The molecule has 0 aromatic heterocycles. The quantitative estimate of drug-likeness (QED) is 0.625. The van der Waals surface area contributed by atoms with E-state index in [0.29, 0.717) is 11.7 Å². The summed E-state index contributed by atoms with van der Waals surface area (Å²) >= 11 is 7.00. The molecule has 2 nitrogen and oxygen atoms in total. The van der Waals surface area contributed by atoms with Gasteiger partial charge in [-0.3, -0.25) is 0 Å². The van der Waals surface area contributed by atoms with Crippen LogP contribution in [0.3, 0.4) is 0 Å². The van der Waals surface area contributed by atoms with Crippen LogP contribution in [0.15, 0.2) is 12.1 Å². The summed E-state index contributed by atoms with van der Waals surface area (Å²) in [4.78, 5) is 0. The van der Waals surface area contributed by atoms with Crippen LogP contribution in [0.5, 0.6) is 5.75 Å². The summed E-state index contributed by atoms with van der Waals surface area (Å²) in [5.74, 6) is 0.924. The van der Waals surface area contributed by atoms with Gasteiger partial charge in [0.15, 0.2) is 0 Å². The Balaban J connectivity index is 3.44. The maximum Gasteiger partial charge on any atom is 0.123 e. The molecule has 1 N–H and O–H groups in total. The number of phenolic OH excluding ortho intramolecular Hbond substituents is 1. The Bertz CT molecular complexity index is 488. The molecule has 118 valence electrons. The highest BCUT2D eigenvalue weighted by atomic mass is 32.2. The van der Waals surface area contributed by atoms with Gasteiger partial charge >= 0.3 is 0 Å². The fourth-order valence-electron chi connectivity index (χ4n) is 2.09. The van der Waals surface area contributed by atoms with E-state index in [1.165, 1.54) is 11.8 Å². The van der Waals surface area contributed by atoms with Gasteiger partial charge in [0.05, 0.1) is 10.1 Å². The molecule has 4 heteroatoms. The van der Waals surface area contributed by atoms with Crippen LogP contribution in [-0.2, 0) is 15.6 Å². The molecule has 0 aliphatic heterocycles. The molecule has 0 unspecified atom stereocenters. The summed E-state index contributed by atoms with van der Waals surface area (Å²) in [6.07, 6.45) is 0. The van der Waals surface area contributed by atoms with Gasteiger partial charge in [0, 0.05) is 18.2 Å². The minimum atomic E-state index is -0.137. The predicted molar refractivity (Wildman–Crippen MR) is 96.7 cm³/mol. The summed E-state index contributed by atoms with van der Waals surface area (Å²) in [7, 11) is 1.66. The summed E-state index contributed by atoms with van der Waals surface area (Å²) in [6, 6.07) is 4.02. The van der Waals surface area contributed by atoms with Crippen molar-refractivity contribution in [1.82, 2.24) is 0 Å². The van der Waals surface area contributed by atoms with E-state index in [1.807, 2.05) is 12.1 Å². The molecular formula is C17H26O2S2. The second-order valence-corrected chi connectivity index (χ2v) is 8.86. The van der Waals surface area contributed by atoms with Crippen LogP contribution < -0.4 is 0 Å². The molecule has 0 saturated heterocycles. The molecule has 1 aromatic rings. The zero-order valence-electron chi connectivity index (χ0n) is 14.0. The first kappa shape index (κ1) is 18.5. The summed E-state index contributed by atoms with van der Waals surface area (Å²) in [5.41, 5.74) is 2.58. The summed E-state index contributed by atoms with van der Waals surface area (Å²) in [6.45, 7) is 12.6. The highest BCUT2D eigenvalue weighted by Crippen LogP contribution is 2.40. The van der Waals surface area contributed by atoms with Crippen LogP contribution in [0, 0.1) is 0 Å². The van der Waals surface area contributed by atoms with Crippen molar-refractivity contribution in [3.05, 3.63) is 28.8 Å². The maximum atomic E-state index is 10.7. The molecule has 0 radical (unpaired) electrons. The third-order valence-electron chi connectivity index (χ3n) is 3.27. The number of hydrogen-bond donors (Lipinski definition) is 1. The SMILES string of the molecule is COCSC(=S)c1cc(C(C)(C)C)c(O)c(C(C)(C)C)c1. The first-order chi connectivity index (χ1) is 9.48. The van der Waals surface area contributed by atoms with Gasteiger partial charge in [-0.2, -0.15) is 0 Å². The monoisotopic (exact) mass is 326 g/mol. The highest BCUT2D eigenvalue weighted by molar-refractivity contribution is 8.23. The Morgan fingerprint density at radius 3 is 1.86 bits per heavy atom. The number of thioether (sulfide) groups is 1. The highest BCUT2D eigenvalue weighted by Gasteiger charge is 2.27. The predicted octanol–water partition coefficient (Wildman–Crippen LogP) is 5.00. The molecule has 1 rings (SSSR count). The standard InChI is InChI=1S/C17H26O2S2/c1-16(2,3)12-8-11(15(20)21-10-19-7)9-13(14(12)18)17(4,5)6/h8-9,18H,10H2,1-7H3. The minimum absolute atomic E-state index is 0.137. The van der Waals surface area contributed by atoms with Gasteiger partial charge in [-0.25, -0.2) is 0 Å². The Kier molecular flexibility index (Phi) is 5.87. The number of benzene rings is 1. The van der Waals surface area contributed by atoms with Gasteiger partial charge in [0.1, 0.15) is 5.75 Å². The van der Waals surface area contributed by atoms with E-state index in [9.17, 15) is 5.11 Å². The maximum absolute atomic E-state index is 10.7. The van der Waals surface area contributed by atoms with Crippen molar-refractivity contribution in [1.29, 1.82) is 0 Å². The van der Waals surface area contributed by atoms with Gasteiger partial charge in [-0.05, 0) is 28.5 Å². The smallest absolute Gasteiger partial charge is 0.123 e. The molecule has 21 heavy (non-hydrogen) atoms. The van der Waals surface area contributed by atoms with Gasteiger partial charge in [0.25, 0.3) is 0 Å². The molecule has 0 bridgehead atoms. The third-order valence-corrected chi connectivity index (χ3v) is 4.71. The normalized spacial score (nSPS) is 12.5. The summed E-state index contributed by atoms with van der Waals surface area (Å²) in [5, 5.41) is 10.7. The van der Waals surface area contributed by atoms with Crippen molar-refractivity contribution >= 4 is 28.2 Å². The number of rotatable bonds is 3. The lowest BCUT2D eigenvalue weighted by atomic mass is 9.78. The summed E-state index contributed by atoms with van der Waals surface area (Å²) < 4.78 is 5.88. The lowest BCUT2D eigenvalue weighted by molar-refractivity contribution is 0.259. The van der Waals surface area contributed by atoms with Crippen LogP contribution in [0.4, 0.5) is 0 Å². The molecule has 0 spiro atoms. The van der Waals surface area contributed by atoms with Crippen LogP contribution in [-0.4, -0.2) is 22.4 Å². The van der Waals surface area contributed by atoms with E-state index in [2.05, 4.69) is 41.5 Å². The van der Waals surface area contributed by atoms with Crippen LogP contribution >= 0.6 is 24.0 Å². The Morgan fingerprint density at radius 1 is 1.10 bits per heavy atom. The molecule has 0 atom stereocenters. The first-order valence-corrected chi connectivity index (χ1v) is 8.42. The topological polar surface area (TPSA) is 29.5 Å². The minimum Gasteiger partial charge on any atom is -0.507 e. The van der Waals surface area contributed by atoms with Crippen molar-refractivity contribution in [2.24, 2.45) is 0 Å². The lowest BCUT2D eigenvalue weighted by Gasteiger charge is -2.28. The van der Waals surface area contributed by atoms with E-state index < -0.39 is 0 Å². The van der Waals surface area contributed by atoms with Crippen LogP contribution in [0.1, 0.15) is 58.2 Å². The fourth-order valence-corrected chi connectivity index (χ4v) is 2.86. The molecule has 0 saturated carbocycles. The van der Waals surface area contributed by atoms with E-state index in [4.69, 9.17) is 17.0 Å². The molecule has 1 aromatic carbocycles. The molecular weight excluding hydrogens is 300 g/mol. The van der Waals surface area contributed by atoms with Crippen molar-refractivity contribution in [3.8, 4) is 5.75 Å². The molecule has 0 aliphatic rings. The van der Waals surface area contributed by atoms with Crippen molar-refractivity contribution < 1.29 is 9.84 Å². The number of hydrogen-bond acceptors (Lipinski definition) is 4. The first-order valence-electron chi connectivity index (χ1n) is 7.02. The average Bonchev–Trinajstić information content (AvgIpc) is 2.33. The Morgan fingerprint density at radius 2 is 1.52 bits per heavy atom. The third kappa shape index (κ3) is 4.70. The molecule has 0 fully saturated rings. The lowest BCUT2D eigenvalue weighted by Crippen LogP contribution is -2.18. The zero-order chi connectivity index (χ0) is 16.4.